The van der Waals surface area contributed by atoms with Crippen LogP contribution in [0.25, 0.3) is 33.0 Å². The number of imidazole rings is 2. The maximum atomic E-state index is 13.6. The second-order valence-corrected chi connectivity index (χ2v) is 13.6. The number of furan rings is 1. The highest BCUT2D eigenvalue weighted by Crippen LogP contribution is 2.34. The molecule has 0 radical (unpaired) electrons. The lowest BCUT2D eigenvalue weighted by Crippen LogP contribution is -2.25. The Balaban J connectivity index is 1.30. The zero-order valence-electron chi connectivity index (χ0n) is 32.3. The average Bonchev–Trinajstić information content (AvgIpc) is 3.97. The number of nitrogens with one attached hydrogen (secondary N) is 2. The number of amides is 4. The number of halogens is 3. The SMILES string of the molecule is CCn1nc(C)cc1C(=O)Nc1nc2cc(C(N)=O)cc(OC)c2n1C/C=C/Cn1c(NC(=O)c2cc(C)nn2CC(F)(F)F)nc2cc(C(N)=O)c3oc(C)cc3c21. The molecule has 21 heteroatoms. The van der Waals surface area contributed by atoms with Gasteiger partial charge in [0.1, 0.15) is 40.5 Å². The molecule has 0 aliphatic rings. The lowest BCUT2D eigenvalue weighted by Gasteiger charge is -2.12. The molecule has 18 nitrogen and oxygen atoms in total. The Morgan fingerprint density at radius 1 is 0.797 bits per heavy atom. The first-order valence-electron chi connectivity index (χ1n) is 18.0. The summed E-state index contributed by atoms with van der Waals surface area (Å²) in [5.74, 6) is -2.18. The Kier molecular flexibility index (Phi) is 10.2. The monoisotopic (exact) mass is 814 g/mol. The van der Waals surface area contributed by atoms with Crippen LogP contribution in [-0.2, 0) is 26.2 Å². The van der Waals surface area contributed by atoms with Crippen LogP contribution in [0.3, 0.4) is 0 Å². The molecule has 6 N–H and O–H groups in total. The fourth-order valence-corrected chi connectivity index (χ4v) is 6.88. The Labute approximate surface area is 331 Å². The molecule has 59 heavy (non-hydrogen) atoms. The lowest BCUT2D eigenvalue weighted by atomic mass is 10.1. The Bertz CT molecular complexity index is 2870. The molecule has 0 spiro atoms. The normalized spacial score (nSPS) is 12.0. The van der Waals surface area contributed by atoms with Crippen LogP contribution in [0.5, 0.6) is 5.75 Å². The predicted octanol–water partition coefficient (Wildman–Crippen LogP) is 5.00. The van der Waals surface area contributed by atoms with Gasteiger partial charge < -0.3 is 29.8 Å². The number of hydrogen-bond acceptors (Lipinski definition) is 10. The lowest BCUT2D eigenvalue weighted by molar-refractivity contribution is -0.142. The smallest absolute Gasteiger partial charge is 0.408 e. The number of ether oxygens (including phenoxy) is 1. The number of rotatable bonds is 13. The van der Waals surface area contributed by atoms with E-state index in [4.69, 9.17) is 20.6 Å². The minimum absolute atomic E-state index is 0.00838. The van der Waals surface area contributed by atoms with E-state index in [-0.39, 0.29) is 64.4 Å². The Morgan fingerprint density at radius 3 is 1.90 bits per heavy atom. The van der Waals surface area contributed by atoms with Crippen molar-refractivity contribution >= 4 is 68.6 Å². The zero-order chi connectivity index (χ0) is 42.5. The first kappa shape index (κ1) is 39.8. The summed E-state index contributed by atoms with van der Waals surface area (Å²) in [6.07, 6.45) is -1.21. The van der Waals surface area contributed by atoms with Crippen LogP contribution in [0.4, 0.5) is 25.1 Å². The number of nitrogens with zero attached hydrogens (tertiary/aromatic N) is 8. The largest absolute Gasteiger partial charge is 0.494 e. The van der Waals surface area contributed by atoms with E-state index in [1.807, 2.05) is 6.92 Å². The van der Waals surface area contributed by atoms with Crippen LogP contribution in [0.1, 0.15) is 65.8 Å². The van der Waals surface area contributed by atoms with Crippen molar-refractivity contribution < 1.29 is 41.5 Å². The third-order valence-electron chi connectivity index (χ3n) is 9.30. The van der Waals surface area contributed by atoms with Crippen LogP contribution >= 0.6 is 0 Å². The molecular weight excluding hydrogens is 777 g/mol. The van der Waals surface area contributed by atoms with Gasteiger partial charge in [-0.3, -0.25) is 39.2 Å². The van der Waals surface area contributed by atoms with E-state index in [2.05, 4.69) is 30.8 Å². The first-order valence-corrected chi connectivity index (χ1v) is 18.0. The van der Waals surface area contributed by atoms with Gasteiger partial charge in [0.2, 0.25) is 17.8 Å². The standard InChI is InChI=1S/C38H37F3N12O6/c1-6-52-26(11-18(2)48-52)34(56)46-37-44-24-14-21(32(42)54)15-28(58-5)30(24)51(37)10-8-7-9-50-29-22-13-20(4)59-31(22)23(33(43)55)16-25(29)45-36(50)47-35(57)27-12-19(3)49-53(27)17-38(39,40)41/h7-8,11-16H,6,9-10,17H2,1-5H3,(H2,42,54)(H2,43,55)(H,44,46,56)(H,45,47,57)/b8-7+. The minimum atomic E-state index is -4.66. The quantitative estimate of drug-likeness (QED) is 0.114. The van der Waals surface area contributed by atoms with E-state index in [9.17, 15) is 32.3 Å². The van der Waals surface area contributed by atoms with Crippen molar-refractivity contribution in [1.82, 2.24) is 38.7 Å². The summed E-state index contributed by atoms with van der Waals surface area (Å²) in [5, 5.41) is 14.1. The molecule has 306 valence electrons. The molecule has 7 rings (SSSR count). The summed E-state index contributed by atoms with van der Waals surface area (Å²) in [7, 11) is 1.41. The minimum Gasteiger partial charge on any atom is -0.494 e. The van der Waals surface area contributed by atoms with Gasteiger partial charge >= 0.3 is 6.18 Å². The highest BCUT2D eigenvalue weighted by atomic mass is 19.4. The second-order valence-electron chi connectivity index (χ2n) is 13.6. The van der Waals surface area contributed by atoms with Gasteiger partial charge in [-0.05, 0) is 64.1 Å². The number of fused-ring (bicyclic) bond motifs is 4. The van der Waals surface area contributed by atoms with Gasteiger partial charge in [0.05, 0.1) is 40.6 Å². The molecule has 0 atom stereocenters. The summed E-state index contributed by atoms with van der Waals surface area (Å²) in [6.45, 7) is 5.76. The van der Waals surface area contributed by atoms with Crippen molar-refractivity contribution in [3.05, 3.63) is 88.2 Å². The number of allylic oxidation sites excluding steroid dienone is 2. The fraction of sp³-hybridized carbons (Fsp3) is 0.263. The molecule has 0 saturated heterocycles. The molecule has 2 aromatic carbocycles. The highest BCUT2D eigenvalue weighted by molar-refractivity contribution is 6.14. The number of carbonyl (C=O) groups excluding carboxylic acids is 4. The Hall–Kier alpha value is -7.45. The van der Waals surface area contributed by atoms with E-state index in [0.717, 1.165) is 0 Å². The van der Waals surface area contributed by atoms with E-state index in [0.29, 0.717) is 50.3 Å². The molecule has 0 aliphatic carbocycles. The maximum Gasteiger partial charge on any atom is 0.408 e. The van der Waals surface area contributed by atoms with Crippen molar-refractivity contribution in [1.29, 1.82) is 0 Å². The number of aryl methyl sites for hydroxylation is 4. The van der Waals surface area contributed by atoms with Gasteiger partial charge in [-0.1, -0.05) is 12.2 Å². The van der Waals surface area contributed by atoms with Gasteiger partial charge in [-0.15, -0.1) is 0 Å². The van der Waals surface area contributed by atoms with Gasteiger partial charge in [-0.2, -0.15) is 23.4 Å². The summed E-state index contributed by atoms with van der Waals surface area (Å²) < 4.78 is 57.1. The van der Waals surface area contributed by atoms with E-state index in [1.54, 1.807) is 51.9 Å². The fourth-order valence-electron chi connectivity index (χ4n) is 6.88. The van der Waals surface area contributed by atoms with Crippen molar-refractivity contribution in [2.45, 2.75) is 60.1 Å². The van der Waals surface area contributed by atoms with Crippen LogP contribution in [-0.4, -0.2) is 75.6 Å². The summed E-state index contributed by atoms with van der Waals surface area (Å²) in [4.78, 5) is 61.0. The number of nitrogens with two attached hydrogens (primary N) is 2. The van der Waals surface area contributed by atoms with E-state index >= 15 is 0 Å². The highest BCUT2D eigenvalue weighted by Gasteiger charge is 2.31. The molecule has 7 aromatic rings. The van der Waals surface area contributed by atoms with Gasteiger partial charge in [0.15, 0.2) is 0 Å². The molecule has 4 amide bonds. The molecule has 0 saturated carbocycles. The van der Waals surface area contributed by atoms with Crippen LogP contribution < -0.4 is 26.8 Å². The molecule has 0 fully saturated rings. The number of methoxy groups -OCH3 is 1. The molecule has 5 heterocycles. The van der Waals surface area contributed by atoms with Gasteiger partial charge in [0, 0.05) is 30.6 Å². The molecule has 0 aliphatic heterocycles. The number of carbonyl (C=O) groups is 4. The third kappa shape index (κ3) is 7.68. The molecule has 0 bridgehead atoms. The number of alkyl halides is 3. The average molecular weight is 815 g/mol. The number of aromatic nitrogens is 8. The number of hydrogen-bond donors (Lipinski definition) is 4. The van der Waals surface area contributed by atoms with Crippen molar-refractivity contribution in [2.75, 3.05) is 17.7 Å². The number of anilines is 2. The van der Waals surface area contributed by atoms with E-state index < -0.39 is 36.3 Å². The topological polar surface area (TPSA) is 238 Å². The van der Waals surface area contributed by atoms with Crippen molar-refractivity contribution in [3.8, 4) is 5.75 Å². The summed E-state index contributed by atoms with van der Waals surface area (Å²) in [5.41, 5.74) is 13.8. The van der Waals surface area contributed by atoms with Gasteiger partial charge in [0.25, 0.3) is 17.7 Å². The van der Waals surface area contributed by atoms with Crippen LogP contribution in [0, 0.1) is 20.8 Å². The van der Waals surface area contributed by atoms with Crippen LogP contribution in [0.2, 0.25) is 0 Å². The molecular formula is C38H37F3N12O6. The van der Waals surface area contributed by atoms with Crippen LogP contribution in [0.15, 0.2) is 53.0 Å². The van der Waals surface area contributed by atoms with Crippen molar-refractivity contribution in [3.63, 3.8) is 0 Å². The molecule has 0 unspecified atom stereocenters. The first-order chi connectivity index (χ1) is 28.0. The third-order valence-corrected chi connectivity index (χ3v) is 9.30. The summed E-state index contributed by atoms with van der Waals surface area (Å²) >= 11 is 0. The zero-order valence-corrected chi connectivity index (χ0v) is 32.3. The number of primary amides is 2. The van der Waals surface area contributed by atoms with Crippen molar-refractivity contribution in [2.24, 2.45) is 11.5 Å². The Morgan fingerprint density at radius 2 is 1.36 bits per heavy atom. The van der Waals surface area contributed by atoms with Gasteiger partial charge in [-0.25, -0.2) is 9.97 Å². The summed E-state index contributed by atoms with van der Waals surface area (Å²) in [6, 6.07) is 8.87. The molecule has 5 aromatic heterocycles. The maximum absolute atomic E-state index is 13.6. The second kappa shape index (κ2) is 15.1. The predicted molar refractivity (Wildman–Crippen MR) is 208 cm³/mol. The van der Waals surface area contributed by atoms with E-state index in [1.165, 1.54) is 38.3 Å². The number of benzene rings is 2.